The number of rotatable bonds is 3. The number of aromatic nitrogens is 2. The van der Waals surface area contributed by atoms with Gasteiger partial charge in [-0.05, 0) is 31.3 Å². The summed E-state index contributed by atoms with van der Waals surface area (Å²) in [6.45, 7) is 0.702. The molecule has 2 aromatic rings. The van der Waals surface area contributed by atoms with Gasteiger partial charge in [-0.25, -0.2) is 4.39 Å². The Kier molecular flexibility index (Phi) is 2.87. The average molecular weight is 220 g/mol. The molecule has 2 rings (SSSR count). The Morgan fingerprint density at radius 2 is 2.25 bits per heavy atom. The van der Waals surface area contributed by atoms with Gasteiger partial charge in [0.05, 0.1) is 5.69 Å². The number of nitrogen functional groups attached to an aromatic ring is 1. The van der Waals surface area contributed by atoms with E-state index >= 15 is 0 Å². The van der Waals surface area contributed by atoms with Gasteiger partial charge in [0, 0.05) is 23.5 Å². The summed E-state index contributed by atoms with van der Waals surface area (Å²) in [5.41, 5.74) is 8.54. The van der Waals surface area contributed by atoms with Crippen LogP contribution in [0.15, 0.2) is 24.3 Å². The molecule has 0 aliphatic heterocycles. The Hall–Kier alpha value is -1.88. The Bertz CT molecular complexity index is 492. The molecule has 1 aromatic heterocycles. The van der Waals surface area contributed by atoms with Gasteiger partial charge in [-0.15, -0.1) is 0 Å². The van der Waals surface area contributed by atoms with Gasteiger partial charge < -0.3 is 11.1 Å². The Labute approximate surface area is 92.7 Å². The molecule has 84 valence electrons. The van der Waals surface area contributed by atoms with E-state index in [0.717, 1.165) is 17.0 Å². The third kappa shape index (κ3) is 2.04. The number of H-pyrrole nitrogens is 1. The molecule has 0 saturated carbocycles. The maximum Gasteiger partial charge on any atom is 0.125 e. The summed E-state index contributed by atoms with van der Waals surface area (Å²) in [5.74, 6) is -0.341. The molecule has 0 atom stereocenters. The van der Waals surface area contributed by atoms with E-state index in [-0.39, 0.29) is 5.82 Å². The van der Waals surface area contributed by atoms with Crippen molar-refractivity contribution in [3.63, 3.8) is 0 Å². The highest BCUT2D eigenvalue weighted by Gasteiger charge is 2.07. The lowest BCUT2D eigenvalue weighted by atomic mass is 10.1. The van der Waals surface area contributed by atoms with Crippen molar-refractivity contribution in [1.29, 1.82) is 0 Å². The fourth-order valence-corrected chi connectivity index (χ4v) is 1.55. The van der Waals surface area contributed by atoms with Gasteiger partial charge in [0.15, 0.2) is 0 Å². The lowest BCUT2D eigenvalue weighted by Crippen LogP contribution is -2.04. The summed E-state index contributed by atoms with van der Waals surface area (Å²) in [6.07, 6.45) is 0. The smallest absolute Gasteiger partial charge is 0.125 e. The molecule has 0 unspecified atom stereocenters. The Morgan fingerprint density at radius 1 is 1.44 bits per heavy atom. The van der Waals surface area contributed by atoms with Crippen LogP contribution in [-0.4, -0.2) is 17.2 Å². The number of aromatic amines is 1. The van der Waals surface area contributed by atoms with Crippen LogP contribution in [0, 0.1) is 5.82 Å². The molecule has 0 amide bonds. The average Bonchev–Trinajstić information content (AvgIpc) is 2.67. The zero-order valence-corrected chi connectivity index (χ0v) is 8.92. The van der Waals surface area contributed by atoms with Gasteiger partial charge in [-0.3, -0.25) is 5.10 Å². The highest BCUT2D eigenvalue weighted by Crippen LogP contribution is 2.25. The third-order valence-corrected chi connectivity index (χ3v) is 2.29. The van der Waals surface area contributed by atoms with Crippen molar-refractivity contribution in [2.75, 3.05) is 12.8 Å². The minimum Gasteiger partial charge on any atom is -0.398 e. The quantitative estimate of drug-likeness (QED) is 0.687. The monoisotopic (exact) mass is 220 g/mol. The fourth-order valence-electron chi connectivity index (χ4n) is 1.55. The highest BCUT2D eigenvalue weighted by molar-refractivity contribution is 5.73. The molecular formula is C11H13FN4. The molecule has 0 spiro atoms. The molecule has 0 fully saturated rings. The second kappa shape index (κ2) is 4.32. The van der Waals surface area contributed by atoms with Crippen LogP contribution in [-0.2, 0) is 6.54 Å². The van der Waals surface area contributed by atoms with Crippen LogP contribution in [0.1, 0.15) is 5.69 Å². The van der Waals surface area contributed by atoms with Gasteiger partial charge in [0.1, 0.15) is 5.82 Å². The van der Waals surface area contributed by atoms with E-state index in [9.17, 15) is 4.39 Å². The van der Waals surface area contributed by atoms with Crippen molar-refractivity contribution in [2.24, 2.45) is 0 Å². The molecule has 0 radical (unpaired) electrons. The van der Waals surface area contributed by atoms with Crippen LogP contribution in [0.4, 0.5) is 10.1 Å². The zero-order valence-electron chi connectivity index (χ0n) is 8.92. The van der Waals surface area contributed by atoms with Crippen LogP contribution in [0.25, 0.3) is 11.3 Å². The van der Waals surface area contributed by atoms with Gasteiger partial charge in [0.25, 0.3) is 0 Å². The summed E-state index contributed by atoms with van der Waals surface area (Å²) < 4.78 is 12.9. The highest BCUT2D eigenvalue weighted by atomic mass is 19.1. The van der Waals surface area contributed by atoms with Gasteiger partial charge in [-0.1, -0.05) is 0 Å². The summed E-state index contributed by atoms with van der Waals surface area (Å²) in [6, 6.07) is 6.18. The Balaban J connectivity index is 2.35. The maximum atomic E-state index is 12.9. The van der Waals surface area contributed by atoms with E-state index in [1.54, 1.807) is 6.07 Å². The van der Waals surface area contributed by atoms with Crippen LogP contribution in [0.2, 0.25) is 0 Å². The van der Waals surface area contributed by atoms with Crippen molar-refractivity contribution in [3.05, 3.63) is 35.8 Å². The summed E-state index contributed by atoms with van der Waals surface area (Å²) >= 11 is 0. The molecule has 0 aliphatic rings. The molecule has 16 heavy (non-hydrogen) atoms. The number of benzene rings is 1. The molecule has 1 heterocycles. The number of hydrogen-bond donors (Lipinski definition) is 3. The molecule has 5 heteroatoms. The van der Waals surface area contributed by atoms with E-state index in [1.807, 2.05) is 13.1 Å². The van der Waals surface area contributed by atoms with Crippen molar-refractivity contribution >= 4 is 5.69 Å². The molecule has 0 bridgehead atoms. The number of halogens is 1. The van der Waals surface area contributed by atoms with Crippen LogP contribution < -0.4 is 11.1 Å². The molecule has 4 N–H and O–H groups in total. The van der Waals surface area contributed by atoms with E-state index < -0.39 is 0 Å². The fraction of sp³-hybridized carbons (Fsp3) is 0.182. The predicted octanol–water partition coefficient (Wildman–Crippen LogP) is 1.52. The molecule has 4 nitrogen and oxygen atoms in total. The number of nitrogens with one attached hydrogen (secondary N) is 2. The van der Waals surface area contributed by atoms with Gasteiger partial charge in [0.2, 0.25) is 0 Å². The minimum absolute atomic E-state index is 0.341. The maximum absolute atomic E-state index is 12.9. The second-order valence-corrected chi connectivity index (χ2v) is 3.54. The van der Waals surface area contributed by atoms with Crippen molar-refractivity contribution in [2.45, 2.75) is 6.54 Å². The summed E-state index contributed by atoms with van der Waals surface area (Å²) in [7, 11) is 1.85. The van der Waals surface area contributed by atoms with Crippen LogP contribution in [0.3, 0.4) is 0 Å². The standard InChI is InChI=1S/C11H13FN4/c1-14-6-8-5-11(16-15-8)9-3-2-7(12)4-10(9)13/h2-5,14H,6,13H2,1H3,(H,15,16). The first-order chi connectivity index (χ1) is 7.70. The Morgan fingerprint density at radius 3 is 2.94 bits per heavy atom. The number of anilines is 1. The molecule has 1 aromatic carbocycles. The third-order valence-electron chi connectivity index (χ3n) is 2.29. The SMILES string of the molecule is CNCc1cc(-c2ccc(F)cc2N)n[nH]1. The van der Waals surface area contributed by atoms with Gasteiger partial charge >= 0.3 is 0 Å². The van der Waals surface area contributed by atoms with Crippen LogP contribution >= 0.6 is 0 Å². The number of nitrogens with two attached hydrogens (primary N) is 1. The first kappa shape index (κ1) is 10.6. The van der Waals surface area contributed by atoms with Crippen molar-refractivity contribution < 1.29 is 4.39 Å². The normalized spacial score (nSPS) is 10.6. The minimum atomic E-state index is -0.341. The second-order valence-electron chi connectivity index (χ2n) is 3.54. The lowest BCUT2D eigenvalue weighted by Gasteiger charge is -2.01. The number of hydrogen-bond acceptors (Lipinski definition) is 3. The van der Waals surface area contributed by atoms with E-state index in [2.05, 4.69) is 15.5 Å². The summed E-state index contributed by atoms with van der Waals surface area (Å²) in [4.78, 5) is 0. The van der Waals surface area contributed by atoms with Crippen LogP contribution in [0.5, 0.6) is 0 Å². The first-order valence-electron chi connectivity index (χ1n) is 4.95. The molecule has 0 aliphatic carbocycles. The topological polar surface area (TPSA) is 66.7 Å². The van der Waals surface area contributed by atoms with Crippen molar-refractivity contribution in [1.82, 2.24) is 15.5 Å². The largest absolute Gasteiger partial charge is 0.398 e. The summed E-state index contributed by atoms with van der Waals surface area (Å²) in [5, 5.41) is 10.0. The lowest BCUT2D eigenvalue weighted by molar-refractivity contribution is 0.628. The van der Waals surface area contributed by atoms with E-state index in [0.29, 0.717) is 12.2 Å². The van der Waals surface area contributed by atoms with Crippen molar-refractivity contribution in [3.8, 4) is 11.3 Å². The van der Waals surface area contributed by atoms with E-state index in [1.165, 1.54) is 12.1 Å². The zero-order chi connectivity index (χ0) is 11.5. The predicted molar refractivity (Wildman–Crippen MR) is 61.2 cm³/mol. The first-order valence-corrected chi connectivity index (χ1v) is 4.95. The van der Waals surface area contributed by atoms with Gasteiger partial charge in [-0.2, -0.15) is 5.10 Å². The number of nitrogens with zero attached hydrogens (tertiary/aromatic N) is 1. The molecular weight excluding hydrogens is 207 g/mol. The molecule has 0 saturated heterocycles. The van der Waals surface area contributed by atoms with E-state index in [4.69, 9.17) is 5.73 Å².